The fraction of sp³-hybridized carbons (Fsp3) is 0.280. The van der Waals surface area contributed by atoms with Crippen molar-refractivity contribution < 1.29 is 14.0 Å². The standard InChI is InChI=1S/C25H27N5O3/c1-16-26-20-12-18(23(30(2)3)13-21(20)27-16)9-10-19(14-31)28-25(32)22-15-33-24(29-22)11-17-7-5-4-6-8-17/h4-8,12-15,19H,9-11H2,1-3H3,(H,26,27)(H,28,32)/t19-/m0/s1. The highest BCUT2D eigenvalue weighted by Crippen LogP contribution is 2.26. The number of nitrogens with zero attached hydrogens (tertiary/aromatic N) is 3. The summed E-state index contributed by atoms with van der Waals surface area (Å²) in [6.45, 7) is 1.92. The maximum atomic E-state index is 12.6. The Bertz CT molecular complexity index is 1260. The summed E-state index contributed by atoms with van der Waals surface area (Å²) in [5.74, 6) is 0.875. The molecule has 0 saturated heterocycles. The van der Waals surface area contributed by atoms with Crippen LogP contribution in [0, 0.1) is 6.92 Å². The molecule has 8 heteroatoms. The first-order chi connectivity index (χ1) is 15.9. The van der Waals surface area contributed by atoms with Crippen LogP contribution in [0.25, 0.3) is 11.0 Å². The predicted octanol–water partition coefficient (Wildman–Crippen LogP) is 3.45. The van der Waals surface area contributed by atoms with Gasteiger partial charge in [0.25, 0.3) is 5.91 Å². The molecule has 4 rings (SSSR count). The minimum Gasteiger partial charge on any atom is -0.448 e. The van der Waals surface area contributed by atoms with E-state index in [1.54, 1.807) is 0 Å². The number of hydrogen-bond acceptors (Lipinski definition) is 6. The number of rotatable bonds is 9. The lowest BCUT2D eigenvalue weighted by Crippen LogP contribution is -2.36. The fourth-order valence-electron chi connectivity index (χ4n) is 3.83. The van der Waals surface area contributed by atoms with Crippen molar-refractivity contribution in [2.45, 2.75) is 32.2 Å². The number of nitrogens with one attached hydrogen (secondary N) is 2. The third-order valence-electron chi connectivity index (χ3n) is 5.47. The molecule has 4 aromatic rings. The monoisotopic (exact) mass is 445 g/mol. The lowest BCUT2D eigenvalue weighted by atomic mass is 10.0. The fourth-order valence-corrected chi connectivity index (χ4v) is 3.83. The quantitative estimate of drug-likeness (QED) is 0.383. The van der Waals surface area contributed by atoms with Crippen molar-refractivity contribution in [3.05, 3.63) is 77.3 Å². The highest BCUT2D eigenvalue weighted by atomic mass is 16.3. The molecule has 2 aromatic carbocycles. The van der Waals surface area contributed by atoms with Gasteiger partial charge in [-0.2, -0.15) is 0 Å². The van der Waals surface area contributed by atoms with Gasteiger partial charge in [0, 0.05) is 26.2 Å². The van der Waals surface area contributed by atoms with Crippen LogP contribution in [-0.4, -0.2) is 47.3 Å². The smallest absolute Gasteiger partial charge is 0.273 e. The Morgan fingerprint density at radius 2 is 2.00 bits per heavy atom. The van der Waals surface area contributed by atoms with E-state index in [1.165, 1.54) is 6.26 Å². The van der Waals surface area contributed by atoms with Crippen LogP contribution in [0.1, 0.15) is 39.8 Å². The predicted molar refractivity (Wildman–Crippen MR) is 127 cm³/mol. The van der Waals surface area contributed by atoms with Crippen LogP contribution >= 0.6 is 0 Å². The molecule has 2 heterocycles. The second kappa shape index (κ2) is 9.68. The zero-order chi connectivity index (χ0) is 23.4. The first-order valence-electron chi connectivity index (χ1n) is 10.8. The van der Waals surface area contributed by atoms with Crippen molar-refractivity contribution >= 4 is 28.9 Å². The number of aromatic nitrogens is 3. The number of anilines is 1. The van der Waals surface area contributed by atoms with Crippen molar-refractivity contribution in [1.29, 1.82) is 0 Å². The van der Waals surface area contributed by atoms with Gasteiger partial charge < -0.3 is 24.4 Å². The van der Waals surface area contributed by atoms with E-state index in [-0.39, 0.29) is 5.69 Å². The molecular formula is C25H27N5O3. The van der Waals surface area contributed by atoms with Crippen LogP contribution < -0.4 is 10.2 Å². The van der Waals surface area contributed by atoms with Crippen LogP contribution in [0.4, 0.5) is 5.69 Å². The molecule has 2 N–H and O–H groups in total. The molecule has 33 heavy (non-hydrogen) atoms. The molecule has 0 aliphatic heterocycles. The Balaban J connectivity index is 1.41. The van der Waals surface area contributed by atoms with E-state index in [9.17, 15) is 9.59 Å². The summed E-state index contributed by atoms with van der Waals surface area (Å²) in [5, 5.41) is 2.76. The maximum Gasteiger partial charge on any atom is 0.273 e. The molecule has 0 fully saturated rings. The number of amides is 1. The number of carbonyl (C=O) groups is 2. The molecule has 0 radical (unpaired) electrons. The summed E-state index contributed by atoms with van der Waals surface area (Å²) in [5.41, 5.74) is 5.16. The van der Waals surface area contributed by atoms with Crippen molar-refractivity contribution in [1.82, 2.24) is 20.3 Å². The van der Waals surface area contributed by atoms with Crippen molar-refractivity contribution in [2.24, 2.45) is 0 Å². The number of hydrogen-bond donors (Lipinski definition) is 2. The average molecular weight is 446 g/mol. The Hall–Kier alpha value is -3.94. The summed E-state index contributed by atoms with van der Waals surface area (Å²) in [4.78, 5) is 38.4. The largest absolute Gasteiger partial charge is 0.448 e. The summed E-state index contributed by atoms with van der Waals surface area (Å²) in [6, 6.07) is 13.2. The second-order valence-corrected chi connectivity index (χ2v) is 8.26. The van der Waals surface area contributed by atoms with Gasteiger partial charge in [-0.25, -0.2) is 9.97 Å². The number of benzene rings is 2. The highest BCUT2D eigenvalue weighted by molar-refractivity contribution is 5.93. The van der Waals surface area contributed by atoms with Gasteiger partial charge in [-0.15, -0.1) is 0 Å². The van der Waals surface area contributed by atoms with E-state index in [0.29, 0.717) is 25.2 Å². The molecule has 0 spiro atoms. The Labute approximate surface area is 192 Å². The van der Waals surface area contributed by atoms with Crippen molar-refractivity contribution in [2.75, 3.05) is 19.0 Å². The molecule has 8 nitrogen and oxygen atoms in total. The molecule has 170 valence electrons. The third kappa shape index (κ3) is 5.28. The number of oxazole rings is 1. The molecule has 1 amide bonds. The summed E-state index contributed by atoms with van der Waals surface area (Å²) < 4.78 is 5.44. The molecule has 2 aromatic heterocycles. The maximum absolute atomic E-state index is 12.6. The Kier molecular flexibility index (Phi) is 6.53. The molecule has 1 atom stereocenters. The van der Waals surface area contributed by atoms with Gasteiger partial charge in [0.15, 0.2) is 11.6 Å². The number of aldehydes is 1. The van der Waals surface area contributed by atoms with Crippen molar-refractivity contribution in [3.8, 4) is 0 Å². The number of aromatic amines is 1. The van der Waals surface area contributed by atoms with Gasteiger partial charge in [-0.1, -0.05) is 30.3 Å². The van der Waals surface area contributed by atoms with Crippen molar-refractivity contribution in [3.63, 3.8) is 0 Å². The minimum absolute atomic E-state index is 0.163. The van der Waals surface area contributed by atoms with Crippen LogP contribution in [0.3, 0.4) is 0 Å². The van der Waals surface area contributed by atoms with Crippen LogP contribution in [0.2, 0.25) is 0 Å². The first kappa shape index (κ1) is 22.3. The molecule has 0 aliphatic rings. The molecular weight excluding hydrogens is 418 g/mol. The summed E-state index contributed by atoms with van der Waals surface area (Å²) >= 11 is 0. The third-order valence-corrected chi connectivity index (χ3v) is 5.47. The van der Waals surface area contributed by atoms with E-state index >= 15 is 0 Å². The number of H-pyrrole nitrogens is 1. The normalized spacial score (nSPS) is 12.0. The van der Waals surface area contributed by atoms with Gasteiger partial charge in [0.2, 0.25) is 0 Å². The number of aryl methyl sites for hydroxylation is 2. The SMILES string of the molecule is Cc1nc2cc(N(C)C)c(CC[C@@H](C=O)NC(=O)c3coc(Cc4ccccc4)n3)cc2[nH]1. The van der Waals surface area contributed by atoms with Crippen LogP contribution in [-0.2, 0) is 17.6 Å². The van der Waals surface area contributed by atoms with Gasteiger partial charge in [0.05, 0.1) is 17.1 Å². The van der Waals surface area contributed by atoms with Crippen LogP contribution in [0.5, 0.6) is 0 Å². The second-order valence-electron chi connectivity index (χ2n) is 8.26. The van der Waals surface area contributed by atoms with Gasteiger partial charge in [-0.3, -0.25) is 4.79 Å². The van der Waals surface area contributed by atoms with E-state index < -0.39 is 11.9 Å². The van der Waals surface area contributed by atoms with E-state index in [2.05, 4.69) is 26.3 Å². The Morgan fingerprint density at radius 1 is 1.21 bits per heavy atom. The Morgan fingerprint density at radius 3 is 2.73 bits per heavy atom. The van der Waals surface area contributed by atoms with E-state index in [1.807, 2.05) is 62.3 Å². The number of carbonyl (C=O) groups excluding carboxylic acids is 2. The average Bonchev–Trinajstić information content (AvgIpc) is 3.41. The lowest BCUT2D eigenvalue weighted by Gasteiger charge is -2.19. The van der Waals surface area contributed by atoms with E-state index in [0.717, 1.165) is 40.0 Å². The number of imidazole rings is 1. The lowest BCUT2D eigenvalue weighted by molar-refractivity contribution is -0.109. The van der Waals surface area contributed by atoms with Gasteiger partial charge in [0.1, 0.15) is 18.4 Å². The molecule has 0 bridgehead atoms. The molecule has 0 unspecified atom stereocenters. The van der Waals surface area contributed by atoms with Crippen LogP contribution in [0.15, 0.2) is 53.1 Å². The highest BCUT2D eigenvalue weighted by Gasteiger charge is 2.18. The number of fused-ring (bicyclic) bond motifs is 1. The molecule has 0 aliphatic carbocycles. The van der Waals surface area contributed by atoms with Gasteiger partial charge in [-0.05, 0) is 43.0 Å². The van der Waals surface area contributed by atoms with Gasteiger partial charge >= 0.3 is 0 Å². The minimum atomic E-state index is -0.638. The topological polar surface area (TPSA) is 104 Å². The molecule has 0 saturated carbocycles. The van der Waals surface area contributed by atoms with E-state index in [4.69, 9.17) is 4.42 Å². The summed E-state index contributed by atoms with van der Waals surface area (Å²) in [6.07, 6.45) is 3.66. The summed E-state index contributed by atoms with van der Waals surface area (Å²) in [7, 11) is 3.95. The zero-order valence-corrected chi connectivity index (χ0v) is 19.0. The first-order valence-corrected chi connectivity index (χ1v) is 10.8. The zero-order valence-electron chi connectivity index (χ0n) is 19.0.